The molecule has 1 aromatic carbocycles. The van der Waals surface area contributed by atoms with Crippen LogP contribution in [0.4, 0.5) is 0 Å². The molecule has 0 aliphatic heterocycles. The number of hydrogen-bond acceptors (Lipinski definition) is 2. The molecule has 0 saturated carbocycles. The van der Waals surface area contributed by atoms with Crippen LogP contribution in [0.1, 0.15) is 490 Å². The average molecular weight is 1280 g/mol. The monoisotopic (exact) mass is 1280 g/mol. The zero-order valence-corrected chi connectivity index (χ0v) is 63.7. The van der Waals surface area contributed by atoms with Crippen LogP contribution in [0, 0.1) is 0 Å². The molecule has 0 spiro atoms. The first kappa shape index (κ1) is 92.2. The highest BCUT2D eigenvalue weighted by Crippen LogP contribution is 2.19. The summed E-state index contributed by atoms with van der Waals surface area (Å²) in [6.45, 7) is 14.7. The molecule has 0 aliphatic carbocycles. The summed E-state index contributed by atoms with van der Waals surface area (Å²) < 4.78 is 0. The fourth-order valence-electron chi connectivity index (χ4n) is 13.7. The Bertz CT molecular complexity index is 1180. The van der Waals surface area contributed by atoms with Gasteiger partial charge in [-0.05, 0) is 51.4 Å². The smallest absolute Gasteiger partial charge is 0.0755 e. The number of hydrogen-bond donors (Lipinski definition) is 2. The maximum absolute atomic E-state index is 10.2. The number of unbranched alkanes of at least 4 members (excludes halogenated alkanes) is 68. The molecule has 0 fully saturated rings. The van der Waals surface area contributed by atoms with Crippen LogP contribution in [-0.2, 0) is 0 Å². The predicted molar refractivity (Wildman–Crippen MR) is 410 cm³/mol. The quantitative estimate of drug-likeness (QED) is 0.0503. The zero-order chi connectivity index (χ0) is 65.8. The third-order valence-electron chi connectivity index (χ3n) is 20.1. The molecule has 5 heteroatoms. The maximum atomic E-state index is 10.2. The first-order chi connectivity index (χ1) is 45.1. The summed E-state index contributed by atoms with van der Waals surface area (Å²) in [6, 6.07) is 8.19. The van der Waals surface area contributed by atoms with Gasteiger partial charge in [0.15, 0.2) is 0 Å². The van der Waals surface area contributed by atoms with Gasteiger partial charge in [-0.1, -0.05) is 476 Å². The molecule has 1 aromatic rings. The number of nitrogens with two attached hydrogens (primary N) is 2. The van der Waals surface area contributed by atoms with Crippen LogP contribution in [-0.4, -0.2) is 33.3 Å². The zero-order valence-electron chi connectivity index (χ0n) is 63.7. The molecule has 0 saturated heterocycles. The van der Waals surface area contributed by atoms with Crippen LogP contribution in [0.3, 0.4) is 0 Å². The first-order valence-electron chi connectivity index (χ1n) is 43.1. The van der Waals surface area contributed by atoms with E-state index in [1.165, 1.54) is 501 Å². The van der Waals surface area contributed by atoms with Gasteiger partial charge in [-0.3, -0.25) is 0 Å². The van der Waals surface area contributed by atoms with Crippen LogP contribution in [0.2, 0.25) is 0 Å². The molecule has 1 rings (SSSR count). The highest BCUT2D eigenvalue weighted by atomic mass is 16.4. The summed E-state index contributed by atoms with van der Waals surface area (Å²) in [5, 5.41) is 25.5. The Morgan fingerprint density at radius 2 is 0.308 bits per heavy atom. The van der Waals surface area contributed by atoms with E-state index in [0.29, 0.717) is 5.46 Å². The Labute approximate surface area is 576 Å². The molecule has 0 aliphatic rings. The van der Waals surface area contributed by atoms with E-state index < -0.39 is 7.12 Å². The van der Waals surface area contributed by atoms with Gasteiger partial charge in [-0.25, -0.2) is 0 Å². The third-order valence-corrected chi connectivity index (χ3v) is 20.1. The van der Waals surface area contributed by atoms with Crippen molar-refractivity contribution in [3.05, 3.63) is 30.3 Å². The van der Waals surface area contributed by atoms with Crippen molar-refractivity contribution in [3.8, 4) is 0 Å². The molecular weight excluding hydrogens is 1100 g/mol. The van der Waals surface area contributed by atoms with Crippen molar-refractivity contribution in [1.82, 2.24) is 0 Å². The Kier molecular flexibility index (Phi) is 90.3. The van der Waals surface area contributed by atoms with Crippen LogP contribution in [0.5, 0.6) is 0 Å². The summed E-state index contributed by atoms with van der Waals surface area (Å²) in [5.74, 6) is 0. The molecule has 4 nitrogen and oxygen atoms in total. The second-order valence-corrected chi connectivity index (χ2v) is 29.5. The van der Waals surface area contributed by atoms with Gasteiger partial charge >= 0.3 is 0 Å². The first-order valence-corrected chi connectivity index (χ1v) is 43.1. The summed E-state index contributed by atoms with van der Waals surface area (Å²) in [7, 11) is -1.84. The van der Waals surface area contributed by atoms with Crippen molar-refractivity contribution in [1.29, 1.82) is 0 Å². The minimum atomic E-state index is -1.84. The molecule has 0 unspecified atom stereocenters. The molecule has 0 bridgehead atoms. The molecule has 0 amide bonds. The van der Waals surface area contributed by atoms with E-state index >= 15 is 0 Å². The van der Waals surface area contributed by atoms with Gasteiger partial charge < -0.3 is 20.7 Å². The lowest BCUT2D eigenvalue weighted by molar-refractivity contribution is -0.655. The molecule has 0 atom stereocenters. The van der Waals surface area contributed by atoms with Crippen molar-refractivity contribution in [3.63, 3.8) is 0 Å². The van der Waals surface area contributed by atoms with E-state index in [1.54, 1.807) is 18.2 Å². The Morgan fingerprint density at radius 3 is 0.418 bits per heavy atom. The minimum absolute atomic E-state index is 0.303. The van der Waals surface area contributed by atoms with Gasteiger partial charge in [-0.2, -0.15) is 0 Å². The van der Waals surface area contributed by atoms with Gasteiger partial charge in [0, 0.05) is 0 Å². The molecule has 542 valence electrons. The summed E-state index contributed by atoms with van der Waals surface area (Å²) in [6.07, 6.45) is 106. The van der Waals surface area contributed by atoms with Gasteiger partial charge in [0.2, 0.25) is 0 Å². The second-order valence-electron chi connectivity index (χ2n) is 29.5. The van der Waals surface area contributed by atoms with Gasteiger partial charge in [0.25, 0.3) is 0 Å². The van der Waals surface area contributed by atoms with Gasteiger partial charge in [0.05, 0.1) is 26.2 Å². The molecule has 0 heterocycles. The van der Waals surface area contributed by atoms with Crippen LogP contribution >= 0.6 is 0 Å². The van der Waals surface area contributed by atoms with Crippen molar-refractivity contribution < 1.29 is 20.7 Å². The molecule has 4 N–H and O–H groups in total. The largest absolute Gasteiger partial charge is 0.889 e. The fraction of sp³-hybridized carbons (Fsp3) is 0.930. The van der Waals surface area contributed by atoms with Gasteiger partial charge in [-0.15, -0.1) is 5.46 Å². The second kappa shape index (κ2) is 89.1. The summed E-state index contributed by atoms with van der Waals surface area (Å²) in [5.41, 5.74) is 0.303. The SMILES string of the molecule is CCCCCCCCCCCCCCCCCCCC[NH2+]CCCCCCCCCCCCCCCCCCCC.CCCCCCCCCCCCCCCCCCCC[NH2+]CCCCCCCCCCCCCCCCCCCC.[O-]B([O-])c1ccccc1. The lowest BCUT2D eigenvalue weighted by Gasteiger charge is -2.26. The lowest BCUT2D eigenvalue weighted by Crippen LogP contribution is -2.84. The fourth-order valence-corrected chi connectivity index (χ4v) is 13.7. The predicted octanol–water partition coefficient (Wildman–Crippen LogP) is 25.4. The van der Waals surface area contributed by atoms with Crippen molar-refractivity contribution in [2.45, 2.75) is 490 Å². The average Bonchev–Trinajstić information content (AvgIpc) is 3.61. The van der Waals surface area contributed by atoms with E-state index in [1.807, 2.05) is 0 Å². The van der Waals surface area contributed by atoms with E-state index in [-0.39, 0.29) is 0 Å². The lowest BCUT2D eigenvalue weighted by atomic mass is 9.81. The Morgan fingerprint density at radius 1 is 0.187 bits per heavy atom. The maximum Gasteiger partial charge on any atom is 0.0755 e. The molecule has 0 aromatic heterocycles. The van der Waals surface area contributed by atoms with Crippen LogP contribution < -0.4 is 26.1 Å². The number of rotatable bonds is 77. The van der Waals surface area contributed by atoms with Crippen LogP contribution in [0.15, 0.2) is 30.3 Å². The van der Waals surface area contributed by atoms with Crippen molar-refractivity contribution >= 4 is 12.6 Å². The van der Waals surface area contributed by atoms with Crippen molar-refractivity contribution in [2.24, 2.45) is 0 Å². The number of benzene rings is 1. The summed E-state index contributed by atoms with van der Waals surface area (Å²) >= 11 is 0. The topological polar surface area (TPSA) is 79.3 Å². The minimum Gasteiger partial charge on any atom is -0.889 e. The summed E-state index contributed by atoms with van der Waals surface area (Å²) in [4.78, 5) is 0. The van der Waals surface area contributed by atoms with Crippen molar-refractivity contribution in [2.75, 3.05) is 26.2 Å². The normalized spacial score (nSPS) is 11.3. The standard InChI is InChI=1S/2C40H83N.C6H5BO2/c2*1-3-5-7-9-11-13-15-17-19-21-23-25-27-29-31-33-35-37-39-41-40-38-36-34-32-30-28-26-24-22-20-18-16-14-12-10-8-6-4-2;8-7(9)6-4-2-1-3-5-6/h2*41H,3-40H2,1-2H3;1-5H/q;;-2/p+2. The van der Waals surface area contributed by atoms with Gasteiger partial charge in [0.1, 0.15) is 0 Å². The highest BCUT2D eigenvalue weighted by molar-refractivity contribution is 6.55. The molecule has 0 radical (unpaired) electrons. The van der Waals surface area contributed by atoms with Crippen LogP contribution in [0.25, 0.3) is 0 Å². The molecular formula is C86H173BN2O2. The van der Waals surface area contributed by atoms with E-state index in [4.69, 9.17) is 0 Å². The van der Waals surface area contributed by atoms with E-state index in [9.17, 15) is 10.0 Å². The highest BCUT2D eigenvalue weighted by Gasteiger charge is 2.02. The van der Waals surface area contributed by atoms with E-state index in [0.717, 1.165) is 0 Å². The third kappa shape index (κ3) is 89.1. The van der Waals surface area contributed by atoms with E-state index in [2.05, 4.69) is 38.3 Å². The Hall–Kier alpha value is -0.875. The Balaban J connectivity index is 0. The number of quaternary nitrogens is 2. The molecule has 91 heavy (non-hydrogen) atoms.